The van der Waals surface area contributed by atoms with Crippen molar-refractivity contribution in [3.63, 3.8) is 0 Å². The molecule has 0 fully saturated rings. The van der Waals surface area contributed by atoms with Crippen LogP contribution in [0.4, 0.5) is 0 Å². The van der Waals surface area contributed by atoms with E-state index in [0.717, 1.165) is 27.7 Å². The van der Waals surface area contributed by atoms with Gasteiger partial charge in [-0.2, -0.15) is 4.98 Å². The Labute approximate surface area is 184 Å². The van der Waals surface area contributed by atoms with Crippen molar-refractivity contribution in [3.8, 4) is 28.8 Å². The molecule has 0 bridgehead atoms. The summed E-state index contributed by atoms with van der Waals surface area (Å²) in [6, 6.07) is 9.39. The Balaban J connectivity index is 1.52. The van der Waals surface area contributed by atoms with Crippen LogP contribution in [0.3, 0.4) is 0 Å². The van der Waals surface area contributed by atoms with E-state index in [2.05, 4.69) is 15.5 Å². The van der Waals surface area contributed by atoms with Crippen molar-refractivity contribution in [2.24, 2.45) is 0 Å². The number of nitrogens with one attached hydrogen (secondary N) is 1. The molecule has 2 aromatic carbocycles. The summed E-state index contributed by atoms with van der Waals surface area (Å²) in [6.45, 7) is 4.12. The first-order valence-electron chi connectivity index (χ1n) is 9.86. The summed E-state index contributed by atoms with van der Waals surface area (Å²) in [5.41, 5.74) is 3.47. The summed E-state index contributed by atoms with van der Waals surface area (Å²) >= 11 is 0. The third-order valence-electron chi connectivity index (χ3n) is 5.09. The summed E-state index contributed by atoms with van der Waals surface area (Å²) in [5, 5.41) is 7.64. The molecule has 2 heterocycles. The summed E-state index contributed by atoms with van der Waals surface area (Å²) in [5.74, 6) is 1.47. The monoisotopic (exact) mass is 437 g/mol. The Morgan fingerprint density at radius 3 is 2.41 bits per heavy atom. The van der Waals surface area contributed by atoms with Crippen LogP contribution in [0.2, 0.25) is 0 Å². The smallest absolute Gasteiger partial charge is 0.316 e. The van der Waals surface area contributed by atoms with Gasteiger partial charge >= 0.3 is 11.8 Å². The molecular formula is C23H23N3O6. The van der Waals surface area contributed by atoms with Gasteiger partial charge in [0.25, 0.3) is 0 Å². The lowest BCUT2D eigenvalue weighted by molar-refractivity contribution is 0.0907. The lowest BCUT2D eigenvalue weighted by Gasteiger charge is -2.14. The van der Waals surface area contributed by atoms with Gasteiger partial charge in [0.05, 0.1) is 21.3 Å². The fourth-order valence-corrected chi connectivity index (χ4v) is 3.45. The fraction of sp³-hybridized carbons (Fsp3) is 0.261. The van der Waals surface area contributed by atoms with Gasteiger partial charge in [-0.25, -0.2) is 0 Å². The molecule has 166 valence electrons. The van der Waals surface area contributed by atoms with Crippen LogP contribution in [-0.2, 0) is 6.54 Å². The molecule has 32 heavy (non-hydrogen) atoms. The second-order valence-corrected chi connectivity index (χ2v) is 7.20. The maximum Gasteiger partial charge on any atom is 0.316 e. The van der Waals surface area contributed by atoms with Gasteiger partial charge in [-0.3, -0.25) is 4.79 Å². The molecule has 0 aliphatic rings. The number of aryl methyl sites for hydroxylation is 2. The molecule has 0 aliphatic heterocycles. The second kappa shape index (κ2) is 8.62. The Hall–Kier alpha value is -4.01. The molecule has 0 spiro atoms. The highest BCUT2D eigenvalue weighted by Gasteiger charge is 2.21. The number of amides is 1. The molecule has 0 atom stereocenters. The molecule has 0 saturated carbocycles. The van der Waals surface area contributed by atoms with Crippen LogP contribution >= 0.6 is 0 Å². The Kier molecular flexibility index (Phi) is 5.72. The van der Waals surface area contributed by atoms with E-state index in [1.54, 1.807) is 12.1 Å². The standard InChI is InChI=1S/C23H23N3O6/c1-12-6-7-16-15(8-12)13(2)19(31-16)21-25-23(32-26-21)22(27)24-11-14-9-17(28-3)20(30-5)18(10-14)29-4/h6-10H,11H2,1-5H3,(H,24,27). The molecule has 9 heteroatoms. The van der Waals surface area contributed by atoms with Crippen molar-refractivity contribution >= 4 is 16.9 Å². The topological polar surface area (TPSA) is 109 Å². The summed E-state index contributed by atoms with van der Waals surface area (Å²) in [4.78, 5) is 16.8. The number of methoxy groups -OCH3 is 3. The van der Waals surface area contributed by atoms with Crippen molar-refractivity contribution < 1.29 is 27.9 Å². The molecule has 0 radical (unpaired) electrons. The van der Waals surface area contributed by atoms with E-state index in [1.807, 2.05) is 32.0 Å². The van der Waals surface area contributed by atoms with E-state index in [9.17, 15) is 4.79 Å². The molecule has 2 aromatic heterocycles. The third-order valence-corrected chi connectivity index (χ3v) is 5.09. The summed E-state index contributed by atoms with van der Waals surface area (Å²) in [7, 11) is 4.59. The Bertz CT molecular complexity index is 1270. The number of carbonyl (C=O) groups is 1. The van der Waals surface area contributed by atoms with E-state index in [4.69, 9.17) is 23.2 Å². The van der Waals surface area contributed by atoms with Gasteiger partial charge < -0.3 is 28.5 Å². The number of carbonyl (C=O) groups excluding carboxylic acids is 1. The van der Waals surface area contributed by atoms with Crippen molar-refractivity contribution in [1.82, 2.24) is 15.5 Å². The largest absolute Gasteiger partial charge is 0.493 e. The van der Waals surface area contributed by atoms with Crippen molar-refractivity contribution in [1.29, 1.82) is 0 Å². The van der Waals surface area contributed by atoms with Gasteiger partial charge in [0.1, 0.15) is 5.58 Å². The first kappa shape index (κ1) is 21.2. The molecular weight excluding hydrogens is 414 g/mol. The highest BCUT2D eigenvalue weighted by molar-refractivity contribution is 5.90. The van der Waals surface area contributed by atoms with Crippen LogP contribution in [0.1, 0.15) is 27.4 Å². The average molecular weight is 437 g/mol. The van der Waals surface area contributed by atoms with Crippen LogP contribution in [0.25, 0.3) is 22.6 Å². The summed E-state index contributed by atoms with van der Waals surface area (Å²) < 4.78 is 27.0. The lowest BCUT2D eigenvalue weighted by atomic mass is 10.1. The van der Waals surface area contributed by atoms with Gasteiger partial charge in [0.2, 0.25) is 11.6 Å². The van der Waals surface area contributed by atoms with Gasteiger partial charge in [0.15, 0.2) is 17.3 Å². The SMILES string of the molecule is COc1cc(CNC(=O)c2nc(-c3oc4ccc(C)cc4c3C)no2)cc(OC)c1OC. The number of furan rings is 1. The number of benzene rings is 2. The number of hydrogen-bond donors (Lipinski definition) is 1. The van der Waals surface area contributed by atoms with Crippen LogP contribution < -0.4 is 19.5 Å². The van der Waals surface area contributed by atoms with E-state index < -0.39 is 5.91 Å². The van der Waals surface area contributed by atoms with Crippen molar-refractivity contribution in [2.45, 2.75) is 20.4 Å². The first-order valence-corrected chi connectivity index (χ1v) is 9.86. The van der Waals surface area contributed by atoms with Crippen LogP contribution in [-0.4, -0.2) is 37.4 Å². The molecule has 0 aliphatic carbocycles. The lowest BCUT2D eigenvalue weighted by Crippen LogP contribution is -2.23. The Morgan fingerprint density at radius 1 is 1.03 bits per heavy atom. The van der Waals surface area contributed by atoms with E-state index in [1.165, 1.54) is 21.3 Å². The number of nitrogens with zero attached hydrogens (tertiary/aromatic N) is 2. The number of fused-ring (bicyclic) bond motifs is 1. The van der Waals surface area contributed by atoms with Gasteiger partial charge in [-0.1, -0.05) is 16.8 Å². The van der Waals surface area contributed by atoms with Crippen LogP contribution in [0, 0.1) is 13.8 Å². The molecule has 1 amide bonds. The maximum atomic E-state index is 12.6. The zero-order chi connectivity index (χ0) is 22.8. The van der Waals surface area contributed by atoms with Gasteiger partial charge in [-0.05, 0) is 43.7 Å². The zero-order valence-corrected chi connectivity index (χ0v) is 18.4. The quantitative estimate of drug-likeness (QED) is 0.461. The van der Waals surface area contributed by atoms with E-state index >= 15 is 0 Å². The van der Waals surface area contributed by atoms with Gasteiger partial charge in [-0.15, -0.1) is 0 Å². The van der Waals surface area contributed by atoms with E-state index in [0.29, 0.717) is 23.0 Å². The minimum atomic E-state index is -0.512. The normalized spacial score (nSPS) is 10.9. The molecule has 4 rings (SSSR count). The number of rotatable bonds is 7. The third kappa shape index (κ3) is 3.84. The maximum absolute atomic E-state index is 12.6. The number of aromatic nitrogens is 2. The second-order valence-electron chi connectivity index (χ2n) is 7.20. The predicted octanol–water partition coefficient (Wildman–Crippen LogP) is 4.06. The summed E-state index contributed by atoms with van der Waals surface area (Å²) in [6.07, 6.45) is 0. The average Bonchev–Trinajstić information content (AvgIpc) is 3.41. The molecule has 1 N–H and O–H groups in total. The predicted molar refractivity (Wildman–Crippen MR) is 116 cm³/mol. The molecule has 0 saturated heterocycles. The van der Waals surface area contributed by atoms with Crippen LogP contribution in [0.15, 0.2) is 39.3 Å². The molecule has 0 unspecified atom stereocenters. The molecule has 9 nitrogen and oxygen atoms in total. The number of ether oxygens (including phenoxy) is 3. The van der Waals surface area contributed by atoms with E-state index in [-0.39, 0.29) is 18.3 Å². The van der Waals surface area contributed by atoms with Gasteiger partial charge in [0, 0.05) is 17.5 Å². The first-order chi connectivity index (χ1) is 15.4. The highest BCUT2D eigenvalue weighted by Crippen LogP contribution is 2.38. The Morgan fingerprint density at radius 2 is 1.75 bits per heavy atom. The van der Waals surface area contributed by atoms with Crippen molar-refractivity contribution in [3.05, 3.63) is 52.9 Å². The van der Waals surface area contributed by atoms with Crippen molar-refractivity contribution in [2.75, 3.05) is 21.3 Å². The number of hydrogen-bond acceptors (Lipinski definition) is 8. The minimum Gasteiger partial charge on any atom is -0.493 e. The highest BCUT2D eigenvalue weighted by atomic mass is 16.5. The minimum absolute atomic E-state index is 0.163. The van der Waals surface area contributed by atoms with Crippen LogP contribution in [0.5, 0.6) is 17.2 Å². The molecule has 4 aromatic rings. The fourth-order valence-electron chi connectivity index (χ4n) is 3.45. The zero-order valence-electron chi connectivity index (χ0n) is 18.4.